The third-order valence-corrected chi connectivity index (χ3v) is 1.16. The molecule has 0 atom stereocenters. The monoisotopic (exact) mass is 166 g/mol. The van der Waals surface area contributed by atoms with E-state index in [-0.39, 0.29) is 0 Å². The van der Waals surface area contributed by atoms with Crippen molar-refractivity contribution in [2.24, 2.45) is 0 Å². The van der Waals surface area contributed by atoms with E-state index in [1.54, 1.807) is 6.08 Å². The topological polar surface area (TPSA) is 37.3 Å². The Morgan fingerprint density at radius 1 is 1.25 bits per heavy atom. The Morgan fingerprint density at radius 3 is 2.50 bits per heavy atom. The van der Waals surface area contributed by atoms with Crippen LogP contribution in [0.3, 0.4) is 0 Å². The number of unbranched alkanes of at least 4 members (excludes halogenated alkanes) is 1. The van der Waals surface area contributed by atoms with Crippen molar-refractivity contribution in [3.8, 4) is 0 Å². The van der Waals surface area contributed by atoms with Gasteiger partial charge in [-0.1, -0.05) is 43.7 Å². The SMILES string of the molecule is CCC\C=C/C=C/C=C\C(=O)O. The summed E-state index contributed by atoms with van der Waals surface area (Å²) in [5.41, 5.74) is 0. The van der Waals surface area contributed by atoms with Gasteiger partial charge in [0.15, 0.2) is 0 Å². The molecule has 0 aliphatic rings. The van der Waals surface area contributed by atoms with E-state index in [1.807, 2.05) is 18.2 Å². The first kappa shape index (κ1) is 10.7. The number of aliphatic carboxylic acids is 1. The molecule has 0 heterocycles. The fourth-order valence-electron chi connectivity index (χ4n) is 0.608. The predicted molar refractivity (Wildman–Crippen MR) is 50.0 cm³/mol. The summed E-state index contributed by atoms with van der Waals surface area (Å²) in [7, 11) is 0. The summed E-state index contributed by atoms with van der Waals surface area (Å²) < 4.78 is 0. The summed E-state index contributed by atoms with van der Waals surface area (Å²) >= 11 is 0. The van der Waals surface area contributed by atoms with Gasteiger partial charge in [0.05, 0.1) is 0 Å². The van der Waals surface area contributed by atoms with Crippen LogP contribution in [0.5, 0.6) is 0 Å². The van der Waals surface area contributed by atoms with Crippen LogP contribution in [0, 0.1) is 0 Å². The van der Waals surface area contributed by atoms with E-state index in [1.165, 1.54) is 6.08 Å². The Labute approximate surface area is 72.9 Å². The highest BCUT2D eigenvalue weighted by molar-refractivity contribution is 5.80. The molecule has 2 heteroatoms. The lowest BCUT2D eigenvalue weighted by Gasteiger charge is -1.79. The Bertz CT molecular complexity index is 200. The van der Waals surface area contributed by atoms with E-state index in [0.717, 1.165) is 18.9 Å². The number of carboxylic acid groups (broad SMARTS) is 1. The summed E-state index contributed by atoms with van der Waals surface area (Å²) in [5, 5.41) is 8.22. The maximum Gasteiger partial charge on any atom is 0.328 e. The molecule has 0 spiro atoms. The number of rotatable bonds is 5. The Morgan fingerprint density at radius 2 is 1.92 bits per heavy atom. The van der Waals surface area contributed by atoms with Crippen molar-refractivity contribution in [1.82, 2.24) is 0 Å². The molecule has 0 radical (unpaired) electrons. The van der Waals surface area contributed by atoms with Gasteiger partial charge in [-0.3, -0.25) is 0 Å². The summed E-state index contributed by atoms with van der Waals surface area (Å²) in [4.78, 5) is 10.00. The van der Waals surface area contributed by atoms with Crippen LogP contribution >= 0.6 is 0 Å². The van der Waals surface area contributed by atoms with Gasteiger partial charge < -0.3 is 5.11 Å². The number of carbonyl (C=O) groups is 1. The second-order valence-electron chi connectivity index (χ2n) is 2.30. The third-order valence-electron chi connectivity index (χ3n) is 1.16. The van der Waals surface area contributed by atoms with Crippen molar-refractivity contribution in [2.75, 3.05) is 0 Å². The van der Waals surface area contributed by atoms with Crippen LogP contribution in [-0.2, 0) is 4.79 Å². The zero-order chi connectivity index (χ0) is 9.23. The molecule has 66 valence electrons. The minimum Gasteiger partial charge on any atom is -0.478 e. The van der Waals surface area contributed by atoms with E-state index in [9.17, 15) is 4.79 Å². The smallest absolute Gasteiger partial charge is 0.328 e. The highest BCUT2D eigenvalue weighted by Crippen LogP contribution is 1.88. The lowest BCUT2D eigenvalue weighted by Crippen LogP contribution is -1.84. The molecule has 1 N–H and O–H groups in total. The average molecular weight is 166 g/mol. The van der Waals surface area contributed by atoms with Crippen molar-refractivity contribution < 1.29 is 9.90 Å². The maximum atomic E-state index is 10.00. The molecule has 0 fully saturated rings. The van der Waals surface area contributed by atoms with Crippen molar-refractivity contribution in [3.05, 3.63) is 36.5 Å². The fourth-order valence-corrected chi connectivity index (χ4v) is 0.608. The molecule has 0 unspecified atom stereocenters. The molecule has 0 rings (SSSR count). The summed E-state index contributed by atoms with van der Waals surface area (Å²) in [6.07, 6.45) is 12.3. The summed E-state index contributed by atoms with van der Waals surface area (Å²) in [6, 6.07) is 0. The van der Waals surface area contributed by atoms with Crippen LogP contribution < -0.4 is 0 Å². The van der Waals surface area contributed by atoms with Gasteiger partial charge in [0, 0.05) is 6.08 Å². The molecule has 0 aliphatic carbocycles. The molecule has 12 heavy (non-hydrogen) atoms. The first-order valence-corrected chi connectivity index (χ1v) is 4.00. The molecule has 0 saturated carbocycles. The van der Waals surface area contributed by atoms with E-state index in [0.29, 0.717) is 0 Å². The van der Waals surface area contributed by atoms with E-state index in [2.05, 4.69) is 6.92 Å². The largest absolute Gasteiger partial charge is 0.478 e. The van der Waals surface area contributed by atoms with Crippen molar-refractivity contribution >= 4 is 5.97 Å². The molecule has 2 nitrogen and oxygen atoms in total. The second-order valence-corrected chi connectivity index (χ2v) is 2.30. The minimum absolute atomic E-state index is 0.919. The van der Waals surface area contributed by atoms with Crippen LogP contribution in [0.15, 0.2) is 36.5 Å². The zero-order valence-corrected chi connectivity index (χ0v) is 7.23. The van der Waals surface area contributed by atoms with Gasteiger partial charge in [-0.2, -0.15) is 0 Å². The van der Waals surface area contributed by atoms with Crippen LogP contribution in [0.4, 0.5) is 0 Å². The first-order valence-electron chi connectivity index (χ1n) is 4.00. The highest BCUT2D eigenvalue weighted by Gasteiger charge is 1.79. The summed E-state index contributed by atoms with van der Waals surface area (Å²) in [5.74, 6) is -0.919. The van der Waals surface area contributed by atoms with Crippen molar-refractivity contribution in [1.29, 1.82) is 0 Å². The summed E-state index contributed by atoms with van der Waals surface area (Å²) in [6.45, 7) is 2.11. The Balaban J connectivity index is 3.56. The highest BCUT2D eigenvalue weighted by atomic mass is 16.4. The minimum atomic E-state index is -0.919. The molecule has 0 aromatic carbocycles. The van der Waals surface area contributed by atoms with Gasteiger partial charge in [0.1, 0.15) is 0 Å². The van der Waals surface area contributed by atoms with E-state index in [4.69, 9.17) is 5.11 Å². The normalized spacial score (nSPS) is 12.1. The molecular formula is C10H14O2. The van der Waals surface area contributed by atoms with Gasteiger partial charge in [-0.25, -0.2) is 4.79 Å². The van der Waals surface area contributed by atoms with Crippen LogP contribution in [-0.4, -0.2) is 11.1 Å². The molecule has 0 saturated heterocycles. The quantitative estimate of drug-likeness (QED) is 0.503. The van der Waals surface area contributed by atoms with Gasteiger partial charge >= 0.3 is 5.97 Å². The zero-order valence-electron chi connectivity index (χ0n) is 7.23. The first-order chi connectivity index (χ1) is 5.77. The number of hydrogen-bond donors (Lipinski definition) is 1. The maximum absolute atomic E-state index is 10.00. The van der Waals surface area contributed by atoms with Crippen molar-refractivity contribution in [2.45, 2.75) is 19.8 Å². The number of allylic oxidation sites excluding steroid dienone is 5. The fraction of sp³-hybridized carbons (Fsp3) is 0.300. The third kappa shape index (κ3) is 8.69. The number of hydrogen-bond acceptors (Lipinski definition) is 1. The molecular weight excluding hydrogens is 152 g/mol. The second kappa shape index (κ2) is 7.79. The predicted octanol–water partition coefficient (Wildman–Crippen LogP) is 2.54. The lowest BCUT2D eigenvalue weighted by molar-refractivity contribution is -0.131. The van der Waals surface area contributed by atoms with Crippen molar-refractivity contribution in [3.63, 3.8) is 0 Å². The average Bonchev–Trinajstić information content (AvgIpc) is 2.02. The van der Waals surface area contributed by atoms with Crippen LogP contribution in [0.25, 0.3) is 0 Å². The van der Waals surface area contributed by atoms with Crippen LogP contribution in [0.2, 0.25) is 0 Å². The standard InChI is InChI=1S/C10H14O2/c1-2-3-4-5-6-7-8-9-10(11)12/h4-9H,2-3H2,1H3,(H,11,12)/b5-4-,7-6+,9-8-. The molecule has 0 aromatic heterocycles. The van der Waals surface area contributed by atoms with Gasteiger partial charge in [-0.05, 0) is 6.42 Å². The van der Waals surface area contributed by atoms with E-state index < -0.39 is 5.97 Å². The van der Waals surface area contributed by atoms with E-state index >= 15 is 0 Å². The van der Waals surface area contributed by atoms with Gasteiger partial charge in [0.25, 0.3) is 0 Å². The van der Waals surface area contributed by atoms with Crippen LogP contribution in [0.1, 0.15) is 19.8 Å². The lowest BCUT2D eigenvalue weighted by atomic mass is 10.3. The number of carboxylic acids is 1. The molecule has 0 amide bonds. The molecule has 0 aliphatic heterocycles. The Kier molecular flexibility index (Phi) is 6.94. The Hall–Kier alpha value is -1.31. The molecule has 0 aromatic rings. The van der Waals surface area contributed by atoms with Gasteiger partial charge in [0.2, 0.25) is 0 Å². The molecule has 0 bridgehead atoms. The van der Waals surface area contributed by atoms with Gasteiger partial charge in [-0.15, -0.1) is 0 Å².